The molecule has 5 fully saturated rings. The second-order valence-corrected chi connectivity index (χ2v) is 21.6. The number of carbonyl (C=O) groups is 3. The fraction of sp³-hybridized carbons (Fsp3) is 0.667. The standard InChI is InChI=1S/C51H71BrN2O6/c1-32(2)36-17-23-51(25-24-49(6)38(43(36)51)14-16-41-48(5)21-19-42(55)47(3,4)40(48)18-22-50(41,49)7)46(58)53-27-20-33-11-9-12-35(29-33)44(56)54-31-34-13-15-39(60-28-10-26-52)37(30-34)45(57)59-8/h9,11-13,15,29-30,36,38,40-43,55H,1,10,14,16-28,31H2,2-8H3,(H,53,58)(H,54,56)/t36-,38?,40?,41?,42?,43?,48?,49+,50?,51?/m0/s1. The molecule has 0 heterocycles. The third kappa shape index (κ3) is 7.57. The lowest BCUT2D eigenvalue weighted by atomic mass is 9.32. The summed E-state index contributed by atoms with van der Waals surface area (Å²) in [5.41, 5.74) is 3.97. The molecular weight excluding hydrogens is 816 g/mol. The van der Waals surface area contributed by atoms with Crippen LogP contribution in [0.4, 0.5) is 0 Å². The predicted octanol–water partition coefficient (Wildman–Crippen LogP) is 10.2. The molecule has 0 saturated heterocycles. The Hall–Kier alpha value is -3.17. The summed E-state index contributed by atoms with van der Waals surface area (Å²) in [4.78, 5) is 40.6. The molecular formula is C51H71BrN2O6. The van der Waals surface area contributed by atoms with Crippen LogP contribution in [0, 0.1) is 56.7 Å². The number of nitrogens with one attached hydrogen (secondary N) is 2. The average Bonchev–Trinajstić information content (AvgIpc) is 3.63. The lowest BCUT2D eigenvalue weighted by molar-refractivity contribution is -0.246. The van der Waals surface area contributed by atoms with Crippen LogP contribution in [0.5, 0.6) is 5.75 Å². The van der Waals surface area contributed by atoms with E-state index >= 15 is 0 Å². The Labute approximate surface area is 367 Å². The number of aliphatic hydroxyl groups is 1. The van der Waals surface area contributed by atoms with Gasteiger partial charge in [0.2, 0.25) is 5.91 Å². The number of ether oxygens (including phenoxy) is 2. The van der Waals surface area contributed by atoms with Crippen molar-refractivity contribution in [1.29, 1.82) is 0 Å². The summed E-state index contributed by atoms with van der Waals surface area (Å²) < 4.78 is 10.8. The summed E-state index contributed by atoms with van der Waals surface area (Å²) in [5, 5.41) is 18.4. The molecule has 0 bridgehead atoms. The lowest BCUT2D eigenvalue weighted by Crippen LogP contribution is -2.67. The van der Waals surface area contributed by atoms with Crippen molar-refractivity contribution >= 4 is 33.7 Å². The van der Waals surface area contributed by atoms with Crippen molar-refractivity contribution in [2.45, 2.75) is 131 Å². The third-order valence-electron chi connectivity index (χ3n) is 17.8. The highest BCUT2D eigenvalue weighted by molar-refractivity contribution is 9.09. The molecule has 60 heavy (non-hydrogen) atoms. The number of amides is 2. The van der Waals surface area contributed by atoms with E-state index in [4.69, 9.17) is 9.47 Å². The van der Waals surface area contributed by atoms with Crippen molar-refractivity contribution in [2.24, 2.45) is 56.7 Å². The van der Waals surface area contributed by atoms with Crippen LogP contribution in [-0.2, 0) is 22.5 Å². The molecule has 2 aromatic carbocycles. The molecule has 10 atom stereocenters. The Kier molecular flexibility index (Phi) is 12.9. The zero-order valence-corrected chi connectivity index (χ0v) is 39.0. The molecule has 5 aliphatic rings. The van der Waals surface area contributed by atoms with Gasteiger partial charge in [0.25, 0.3) is 5.91 Å². The highest BCUT2D eigenvalue weighted by atomic mass is 79.9. The fourth-order valence-corrected chi connectivity index (χ4v) is 14.7. The highest BCUT2D eigenvalue weighted by Gasteiger charge is 2.71. The summed E-state index contributed by atoms with van der Waals surface area (Å²) in [6, 6.07) is 12.9. The molecule has 5 saturated carbocycles. The lowest BCUT2D eigenvalue weighted by Gasteiger charge is -2.72. The van der Waals surface area contributed by atoms with Crippen LogP contribution >= 0.6 is 15.9 Å². The monoisotopic (exact) mass is 886 g/mol. The number of hydrogen-bond donors (Lipinski definition) is 3. The van der Waals surface area contributed by atoms with Crippen LogP contribution < -0.4 is 15.4 Å². The van der Waals surface area contributed by atoms with E-state index in [9.17, 15) is 19.5 Å². The molecule has 7 rings (SSSR count). The maximum absolute atomic E-state index is 14.7. The van der Waals surface area contributed by atoms with E-state index in [0.717, 1.165) is 61.4 Å². The Morgan fingerprint density at radius 3 is 2.38 bits per heavy atom. The summed E-state index contributed by atoms with van der Waals surface area (Å²) in [7, 11) is 1.34. The quantitative estimate of drug-likeness (QED) is 0.0799. The molecule has 2 amide bonds. The van der Waals surface area contributed by atoms with Gasteiger partial charge in [-0.2, -0.15) is 0 Å². The van der Waals surface area contributed by atoms with Gasteiger partial charge in [-0.3, -0.25) is 9.59 Å². The van der Waals surface area contributed by atoms with Crippen LogP contribution in [0.2, 0.25) is 0 Å². The SMILES string of the molecule is C=C(C)[C@@H]1CCC2(C(=O)NCCc3cccc(C(=O)NCc4ccc(OCCCBr)c(C(=O)OC)c4)c3)CC[C@]3(C)C(CCC4C5(C)CCC(O)C(C)(C)C5CCC43C)C12. The number of benzene rings is 2. The van der Waals surface area contributed by atoms with Crippen molar-refractivity contribution in [3.63, 3.8) is 0 Å². The average molecular weight is 888 g/mol. The fourth-order valence-electron chi connectivity index (χ4n) is 14.5. The van der Waals surface area contributed by atoms with Gasteiger partial charge in [0, 0.05) is 24.0 Å². The topological polar surface area (TPSA) is 114 Å². The third-order valence-corrected chi connectivity index (χ3v) is 18.4. The number of methoxy groups -OCH3 is 1. The minimum Gasteiger partial charge on any atom is -0.493 e. The van der Waals surface area contributed by atoms with Crippen molar-refractivity contribution in [3.05, 3.63) is 76.9 Å². The van der Waals surface area contributed by atoms with Crippen LogP contribution in [0.1, 0.15) is 144 Å². The van der Waals surface area contributed by atoms with Crippen molar-refractivity contribution in [2.75, 3.05) is 25.6 Å². The van der Waals surface area contributed by atoms with Crippen LogP contribution in [0.15, 0.2) is 54.6 Å². The molecule has 0 radical (unpaired) electrons. The van der Waals surface area contributed by atoms with Gasteiger partial charge in [0.05, 0.1) is 25.2 Å². The first-order valence-electron chi connectivity index (χ1n) is 22.9. The van der Waals surface area contributed by atoms with E-state index in [1.54, 1.807) is 18.2 Å². The molecule has 328 valence electrons. The van der Waals surface area contributed by atoms with Gasteiger partial charge in [0.1, 0.15) is 11.3 Å². The molecule has 3 N–H and O–H groups in total. The number of alkyl halides is 1. The number of rotatable bonds is 13. The van der Waals surface area contributed by atoms with Gasteiger partial charge < -0.3 is 25.2 Å². The van der Waals surface area contributed by atoms with Gasteiger partial charge in [-0.25, -0.2) is 4.79 Å². The van der Waals surface area contributed by atoms with E-state index < -0.39 is 5.97 Å². The Bertz CT molecular complexity index is 1960. The van der Waals surface area contributed by atoms with E-state index in [2.05, 4.69) is 74.7 Å². The smallest absolute Gasteiger partial charge is 0.341 e. The minimum absolute atomic E-state index is 0.0647. The number of allylic oxidation sites excluding steroid dienone is 1. The number of fused-ring (bicyclic) bond motifs is 7. The van der Waals surface area contributed by atoms with Gasteiger partial charge in [-0.1, -0.05) is 80.9 Å². The first-order valence-corrected chi connectivity index (χ1v) is 24.0. The minimum atomic E-state index is -0.489. The Balaban J connectivity index is 1.01. The van der Waals surface area contributed by atoms with Crippen LogP contribution in [0.25, 0.3) is 0 Å². The maximum Gasteiger partial charge on any atom is 0.341 e. The first kappa shape index (κ1) is 44.9. The summed E-state index contributed by atoms with van der Waals surface area (Å²) >= 11 is 3.40. The molecule has 0 aliphatic heterocycles. The second-order valence-electron chi connectivity index (χ2n) is 20.8. The first-order chi connectivity index (χ1) is 28.5. The van der Waals surface area contributed by atoms with Gasteiger partial charge in [0.15, 0.2) is 0 Å². The van der Waals surface area contributed by atoms with Crippen molar-refractivity contribution < 1.29 is 29.0 Å². The molecule has 0 spiro atoms. The summed E-state index contributed by atoms with van der Waals surface area (Å²) in [5.74, 6) is 2.25. The van der Waals surface area contributed by atoms with Crippen LogP contribution in [-0.4, -0.2) is 54.6 Å². The summed E-state index contributed by atoms with van der Waals surface area (Å²) in [6.45, 7) is 20.4. The zero-order chi connectivity index (χ0) is 43.3. The largest absolute Gasteiger partial charge is 0.493 e. The number of esters is 1. The zero-order valence-electron chi connectivity index (χ0n) is 37.4. The van der Waals surface area contributed by atoms with Gasteiger partial charge in [-0.15, -0.1) is 0 Å². The van der Waals surface area contributed by atoms with Crippen molar-refractivity contribution in [3.8, 4) is 5.75 Å². The van der Waals surface area contributed by atoms with E-state index in [1.807, 2.05) is 24.3 Å². The Morgan fingerprint density at radius 1 is 0.867 bits per heavy atom. The molecule has 2 aromatic rings. The predicted molar refractivity (Wildman–Crippen MR) is 241 cm³/mol. The maximum atomic E-state index is 14.7. The van der Waals surface area contributed by atoms with E-state index in [1.165, 1.54) is 38.4 Å². The molecule has 5 aliphatic carbocycles. The molecule has 8 unspecified atom stereocenters. The number of aliphatic hydroxyl groups excluding tert-OH is 1. The molecule has 0 aromatic heterocycles. The van der Waals surface area contributed by atoms with Gasteiger partial charge >= 0.3 is 5.97 Å². The van der Waals surface area contributed by atoms with E-state index in [-0.39, 0.29) is 51.5 Å². The molecule has 8 nitrogen and oxygen atoms in total. The van der Waals surface area contributed by atoms with Crippen LogP contribution in [0.3, 0.4) is 0 Å². The van der Waals surface area contributed by atoms with E-state index in [0.29, 0.717) is 66.0 Å². The highest BCUT2D eigenvalue weighted by Crippen LogP contribution is 2.77. The number of hydrogen-bond acceptors (Lipinski definition) is 6. The van der Waals surface area contributed by atoms with Gasteiger partial charge in [-0.05, 0) is 171 Å². The molecule has 9 heteroatoms. The Morgan fingerprint density at radius 2 is 1.65 bits per heavy atom. The normalized spacial score (nSPS) is 35.1. The summed E-state index contributed by atoms with van der Waals surface area (Å²) in [6.07, 6.45) is 11.9. The number of halogens is 1. The van der Waals surface area contributed by atoms with Crippen molar-refractivity contribution in [1.82, 2.24) is 10.6 Å². The second kappa shape index (κ2) is 17.2. The number of carbonyl (C=O) groups excluding carboxylic acids is 3.